The Hall–Kier alpha value is -2.26. The van der Waals surface area contributed by atoms with Gasteiger partial charge in [-0.2, -0.15) is 0 Å². The maximum Gasteiger partial charge on any atom is 0.269 e. The topological polar surface area (TPSA) is 96.4 Å². The number of nitrogens with zero attached hydrogens (tertiary/aromatic N) is 2. The molecule has 2 aliphatic rings. The summed E-state index contributed by atoms with van der Waals surface area (Å²) in [6, 6.07) is 3.98. The van der Waals surface area contributed by atoms with Crippen LogP contribution >= 0.6 is 11.3 Å². The van der Waals surface area contributed by atoms with Crippen molar-refractivity contribution in [3.8, 4) is 0 Å². The number of carbonyl (C=O) groups is 2. The number of hydrogen-bond acceptors (Lipinski definition) is 6. The third-order valence-corrected chi connectivity index (χ3v) is 7.12. The molecule has 1 aliphatic heterocycles. The van der Waals surface area contributed by atoms with Crippen molar-refractivity contribution in [3.63, 3.8) is 0 Å². The van der Waals surface area contributed by atoms with Crippen LogP contribution in [0.4, 0.5) is 0 Å². The molecular weight excluding hydrogens is 374 g/mol. The van der Waals surface area contributed by atoms with Crippen molar-refractivity contribution in [2.24, 2.45) is 0 Å². The van der Waals surface area contributed by atoms with Crippen molar-refractivity contribution < 1.29 is 18.0 Å². The predicted octanol–water partition coefficient (Wildman–Crippen LogP) is 1.73. The molecule has 4 rings (SSSR count). The normalized spacial score (nSPS) is 18.0. The second kappa shape index (κ2) is 6.17. The van der Waals surface area contributed by atoms with E-state index in [4.69, 9.17) is 0 Å². The van der Waals surface area contributed by atoms with Crippen LogP contribution in [0.15, 0.2) is 28.5 Å². The minimum atomic E-state index is -3.85. The number of sulfonamides is 1. The molecule has 7 nitrogen and oxygen atoms in total. The summed E-state index contributed by atoms with van der Waals surface area (Å²) < 4.78 is 26.2. The van der Waals surface area contributed by atoms with E-state index < -0.39 is 15.9 Å². The highest BCUT2D eigenvalue weighted by atomic mass is 32.2. The highest BCUT2D eigenvalue weighted by Crippen LogP contribution is 2.39. The number of nitrogens with one attached hydrogen (secondary N) is 1. The second-order valence-corrected chi connectivity index (χ2v) is 9.26. The number of hydrogen-bond donors (Lipinski definition) is 1. The van der Waals surface area contributed by atoms with E-state index in [1.165, 1.54) is 18.2 Å². The average molecular weight is 391 g/mol. The molecule has 2 aromatic rings. The largest absolute Gasteiger partial charge is 0.352 e. The fourth-order valence-corrected chi connectivity index (χ4v) is 5.48. The third-order valence-electron chi connectivity index (χ3n) is 4.42. The number of rotatable bonds is 5. The van der Waals surface area contributed by atoms with Crippen molar-refractivity contribution in [1.29, 1.82) is 0 Å². The first-order valence-electron chi connectivity index (χ1n) is 8.30. The molecule has 1 aliphatic carbocycles. The third kappa shape index (κ3) is 2.90. The zero-order valence-electron chi connectivity index (χ0n) is 14.1. The SMILES string of the molecule is Cc1nc(CCNC(=O)c2ccc3c(c2)S(=O)(=O)N(C2CC2)C3=O)cs1. The number of fused-ring (bicyclic) bond motifs is 1. The highest BCUT2D eigenvalue weighted by Gasteiger charge is 2.48. The fourth-order valence-electron chi connectivity index (χ4n) is 2.99. The molecule has 1 aromatic heterocycles. The number of aryl methyl sites for hydroxylation is 1. The van der Waals surface area contributed by atoms with Crippen LogP contribution in [0.2, 0.25) is 0 Å². The molecule has 0 bridgehead atoms. The smallest absolute Gasteiger partial charge is 0.269 e. The Kier molecular flexibility index (Phi) is 4.07. The van der Waals surface area contributed by atoms with Crippen LogP contribution in [0.3, 0.4) is 0 Å². The number of benzene rings is 1. The van der Waals surface area contributed by atoms with E-state index in [9.17, 15) is 18.0 Å². The van der Waals surface area contributed by atoms with Crippen LogP contribution < -0.4 is 5.32 Å². The van der Waals surface area contributed by atoms with Crippen LogP contribution in [0.25, 0.3) is 0 Å². The molecule has 1 aromatic carbocycles. The van der Waals surface area contributed by atoms with Gasteiger partial charge in [-0.05, 0) is 38.0 Å². The van der Waals surface area contributed by atoms with E-state index in [1.807, 2.05) is 12.3 Å². The summed E-state index contributed by atoms with van der Waals surface area (Å²) in [4.78, 5) is 28.9. The van der Waals surface area contributed by atoms with Crippen molar-refractivity contribution in [1.82, 2.24) is 14.6 Å². The summed E-state index contributed by atoms with van der Waals surface area (Å²) in [5.41, 5.74) is 1.29. The molecule has 26 heavy (non-hydrogen) atoms. The molecule has 2 amide bonds. The van der Waals surface area contributed by atoms with Crippen LogP contribution in [0, 0.1) is 6.92 Å². The van der Waals surface area contributed by atoms with Gasteiger partial charge in [-0.3, -0.25) is 9.59 Å². The van der Waals surface area contributed by atoms with Gasteiger partial charge in [0.15, 0.2) is 0 Å². The Balaban J connectivity index is 1.50. The lowest BCUT2D eigenvalue weighted by Gasteiger charge is -2.13. The second-order valence-electron chi connectivity index (χ2n) is 6.41. The van der Waals surface area contributed by atoms with E-state index in [0.29, 0.717) is 25.8 Å². The summed E-state index contributed by atoms with van der Waals surface area (Å²) in [5, 5.41) is 5.68. The number of aromatic nitrogens is 1. The Morgan fingerprint density at radius 3 is 2.81 bits per heavy atom. The lowest BCUT2D eigenvalue weighted by atomic mass is 10.1. The van der Waals surface area contributed by atoms with E-state index in [1.54, 1.807) is 11.3 Å². The van der Waals surface area contributed by atoms with Crippen LogP contribution in [-0.4, -0.2) is 42.1 Å². The molecule has 136 valence electrons. The molecule has 0 atom stereocenters. The van der Waals surface area contributed by atoms with E-state index >= 15 is 0 Å². The Morgan fingerprint density at radius 2 is 2.15 bits per heavy atom. The van der Waals surface area contributed by atoms with Crippen molar-refractivity contribution >= 4 is 33.2 Å². The molecule has 0 saturated heterocycles. The monoisotopic (exact) mass is 391 g/mol. The molecule has 2 heterocycles. The van der Waals surface area contributed by atoms with Gasteiger partial charge in [0.05, 0.1) is 16.3 Å². The first-order chi connectivity index (χ1) is 12.4. The summed E-state index contributed by atoms with van der Waals surface area (Å²) >= 11 is 1.55. The van der Waals surface area contributed by atoms with Crippen LogP contribution in [0.5, 0.6) is 0 Å². The number of carbonyl (C=O) groups excluding carboxylic acids is 2. The van der Waals surface area contributed by atoms with Gasteiger partial charge in [-0.15, -0.1) is 11.3 Å². The zero-order valence-corrected chi connectivity index (χ0v) is 15.7. The number of thiazole rings is 1. The minimum absolute atomic E-state index is 0.0721. The average Bonchev–Trinajstić information content (AvgIpc) is 3.30. The zero-order chi connectivity index (χ0) is 18.5. The van der Waals surface area contributed by atoms with Gasteiger partial charge in [0.25, 0.3) is 21.8 Å². The highest BCUT2D eigenvalue weighted by molar-refractivity contribution is 7.90. The Morgan fingerprint density at radius 1 is 1.38 bits per heavy atom. The summed E-state index contributed by atoms with van der Waals surface area (Å²) in [7, 11) is -3.85. The van der Waals surface area contributed by atoms with E-state index in [2.05, 4.69) is 10.3 Å². The van der Waals surface area contributed by atoms with Gasteiger partial charge in [-0.25, -0.2) is 17.7 Å². The van der Waals surface area contributed by atoms with Crippen LogP contribution in [0.1, 0.15) is 44.3 Å². The van der Waals surface area contributed by atoms with E-state index in [0.717, 1.165) is 15.0 Å². The molecule has 0 spiro atoms. The fraction of sp³-hybridized carbons (Fsp3) is 0.353. The molecule has 9 heteroatoms. The summed E-state index contributed by atoms with van der Waals surface area (Å²) in [5.74, 6) is -0.861. The molecule has 1 saturated carbocycles. The van der Waals surface area contributed by atoms with Crippen molar-refractivity contribution in [3.05, 3.63) is 45.4 Å². The molecular formula is C17H17N3O4S2. The number of amides is 2. The standard InChI is InChI=1S/C17H17N3O4S2/c1-10-19-12(9-25-10)6-7-18-16(21)11-2-5-14-15(8-11)26(23,24)20(17(14)22)13-3-4-13/h2,5,8-9,13H,3-4,6-7H2,1H3,(H,18,21). The van der Waals surface area contributed by atoms with Crippen molar-refractivity contribution in [2.45, 2.75) is 37.1 Å². The van der Waals surface area contributed by atoms with Gasteiger partial charge in [0, 0.05) is 30.0 Å². The quantitative estimate of drug-likeness (QED) is 0.837. The predicted molar refractivity (Wildman–Crippen MR) is 95.7 cm³/mol. The maximum absolute atomic E-state index is 12.6. The van der Waals surface area contributed by atoms with E-state index in [-0.39, 0.29) is 28.0 Å². The Labute approximate surface area is 155 Å². The van der Waals surface area contributed by atoms with Gasteiger partial charge < -0.3 is 5.32 Å². The first-order valence-corrected chi connectivity index (χ1v) is 10.6. The lowest BCUT2D eigenvalue weighted by Crippen LogP contribution is -2.32. The van der Waals surface area contributed by atoms with Gasteiger partial charge in [-0.1, -0.05) is 0 Å². The lowest BCUT2D eigenvalue weighted by molar-refractivity contribution is 0.0863. The molecule has 1 fully saturated rings. The van der Waals surface area contributed by atoms with Gasteiger partial charge in [0.2, 0.25) is 0 Å². The van der Waals surface area contributed by atoms with Crippen LogP contribution in [-0.2, 0) is 16.4 Å². The first kappa shape index (κ1) is 17.2. The molecule has 0 radical (unpaired) electrons. The summed E-state index contributed by atoms with van der Waals surface area (Å²) in [6.07, 6.45) is 2.00. The van der Waals surface area contributed by atoms with Gasteiger partial charge >= 0.3 is 0 Å². The summed E-state index contributed by atoms with van der Waals surface area (Å²) in [6.45, 7) is 2.32. The Bertz CT molecular complexity index is 1010. The molecule has 1 N–H and O–H groups in total. The van der Waals surface area contributed by atoms with Gasteiger partial charge in [0.1, 0.15) is 4.90 Å². The van der Waals surface area contributed by atoms with Crippen molar-refractivity contribution in [2.75, 3.05) is 6.54 Å². The maximum atomic E-state index is 12.6. The molecule has 0 unspecified atom stereocenters. The minimum Gasteiger partial charge on any atom is -0.352 e.